The van der Waals surface area contributed by atoms with Crippen LogP contribution in [0.5, 0.6) is 5.75 Å². The molecule has 40 heavy (non-hydrogen) atoms. The lowest BCUT2D eigenvalue weighted by Crippen LogP contribution is -2.59. The molecule has 1 N–H and O–H groups in total. The van der Waals surface area contributed by atoms with Crippen LogP contribution in [0.3, 0.4) is 0 Å². The number of likely N-dealkylation sites (tertiary alicyclic amines) is 1. The number of aliphatic hydroxyl groups is 1. The Labute approximate surface area is 242 Å². The number of thioether (sulfide) groups is 1. The summed E-state index contributed by atoms with van der Waals surface area (Å²) in [5.74, 6) is -0.858. The van der Waals surface area contributed by atoms with Crippen LogP contribution in [0.15, 0.2) is 49.6 Å². The Morgan fingerprint density at radius 2 is 1.88 bits per heavy atom. The van der Waals surface area contributed by atoms with Crippen molar-refractivity contribution in [2.45, 2.75) is 62.1 Å². The van der Waals surface area contributed by atoms with Gasteiger partial charge in [0.1, 0.15) is 11.8 Å². The number of nitrogens with zero attached hydrogens (tertiary/aromatic N) is 3. The highest BCUT2D eigenvalue weighted by Gasteiger charge is 2.77. The molecule has 4 rings (SSSR count). The molecule has 3 aliphatic rings. The number of fused-ring (bicyclic) bond motifs is 1. The van der Waals surface area contributed by atoms with E-state index in [1.807, 2.05) is 26.0 Å². The Morgan fingerprint density at radius 1 is 1.20 bits per heavy atom. The minimum atomic E-state index is -0.814. The third-order valence-corrected chi connectivity index (χ3v) is 11.0. The van der Waals surface area contributed by atoms with Crippen LogP contribution in [0.1, 0.15) is 40.0 Å². The number of hydrogen-bond donors (Lipinski definition) is 1. The average molecular weight is 570 g/mol. The highest BCUT2D eigenvalue weighted by Crippen LogP contribution is 2.69. The van der Waals surface area contributed by atoms with Gasteiger partial charge < -0.3 is 24.5 Å². The maximum atomic E-state index is 14.7. The van der Waals surface area contributed by atoms with E-state index in [4.69, 9.17) is 4.74 Å². The monoisotopic (exact) mass is 569 g/mol. The summed E-state index contributed by atoms with van der Waals surface area (Å²) in [5.41, 5.74) is 0.674. The molecule has 1 spiro atoms. The number of benzene rings is 1. The van der Waals surface area contributed by atoms with Crippen LogP contribution in [0, 0.1) is 17.8 Å². The fourth-order valence-corrected chi connectivity index (χ4v) is 9.51. The summed E-state index contributed by atoms with van der Waals surface area (Å²) in [6.07, 6.45) is 5.46. The molecule has 3 saturated heterocycles. The van der Waals surface area contributed by atoms with Crippen LogP contribution in [0.25, 0.3) is 0 Å². The van der Waals surface area contributed by atoms with E-state index in [0.717, 1.165) is 12.8 Å². The van der Waals surface area contributed by atoms with Gasteiger partial charge in [-0.15, -0.1) is 24.9 Å². The highest BCUT2D eigenvalue weighted by molar-refractivity contribution is 8.02. The number of carbonyl (C=O) groups is 3. The van der Waals surface area contributed by atoms with Gasteiger partial charge in [-0.1, -0.05) is 32.9 Å². The zero-order valence-corrected chi connectivity index (χ0v) is 24.9. The molecule has 8 nitrogen and oxygen atoms in total. The Hall–Kier alpha value is -2.78. The summed E-state index contributed by atoms with van der Waals surface area (Å²) in [4.78, 5) is 48.3. The number of rotatable bonds is 13. The highest BCUT2D eigenvalue weighted by atomic mass is 32.2. The molecule has 0 aromatic heterocycles. The number of aliphatic hydroxyl groups excluding tert-OH is 1. The van der Waals surface area contributed by atoms with Crippen molar-refractivity contribution >= 4 is 35.2 Å². The number of carbonyl (C=O) groups excluding carboxylic acids is 3. The van der Waals surface area contributed by atoms with Crippen molar-refractivity contribution in [1.82, 2.24) is 9.80 Å². The van der Waals surface area contributed by atoms with Crippen LogP contribution in [-0.4, -0.2) is 88.1 Å². The van der Waals surface area contributed by atoms with Crippen molar-refractivity contribution in [2.24, 2.45) is 17.8 Å². The number of amides is 3. The number of ether oxygens (including phenoxy) is 1. The lowest BCUT2D eigenvalue weighted by molar-refractivity contribution is -0.145. The molecule has 0 aliphatic carbocycles. The summed E-state index contributed by atoms with van der Waals surface area (Å²) in [5, 5.41) is 10.3. The standard InChI is InChI=1S/C31H43N3O5S/c1-7-15-32(16-8-2)28(36)25-24-18-20(5)31(40-24)26(25)29(37)34(21(10-4)19-35)27(31)30(38)33(17-9-3)22-11-13-23(39-6)14-12-22/h7,9,11-14,20-21,24-27,35H,1,3,8,10,15-19H2,2,4-6H3/t20?,21-,24-,25+,26-,27?,31?/m0/s1. The minimum absolute atomic E-state index is 0.0328. The number of methoxy groups -OCH3 is 1. The van der Waals surface area contributed by atoms with Gasteiger partial charge in [0, 0.05) is 30.6 Å². The van der Waals surface area contributed by atoms with E-state index in [0.29, 0.717) is 30.9 Å². The van der Waals surface area contributed by atoms with Gasteiger partial charge in [0.05, 0.1) is 36.3 Å². The van der Waals surface area contributed by atoms with Crippen molar-refractivity contribution in [3.8, 4) is 5.75 Å². The van der Waals surface area contributed by atoms with Crippen LogP contribution < -0.4 is 9.64 Å². The van der Waals surface area contributed by atoms with Crippen molar-refractivity contribution in [3.63, 3.8) is 0 Å². The van der Waals surface area contributed by atoms with Crippen LogP contribution in [0.4, 0.5) is 5.69 Å². The fourth-order valence-electron chi connectivity index (χ4n) is 7.12. The largest absolute Gasteiger partial charge is 0.497 e. The normalized spacial score (nSPS) is 29.2. The maximum Gasteiger partial charge on any atom is 0.251 e. The first-order valence-electron chi connectivity index (χ1n) is 14.3. The van der Waals surface area contributed by atoms with Gasteiger partial charge in [0.15, 0.2) is 0 Å². The summed E-state index contributed by atoms with van der Waals surface area (Å²) >= 11 is 1.66. The quantitative estimate of drug-likeness (QED) is 0.364. The third-order valence-electron chi connectivity index (χ3n) is 8.89. The molecule has 3 aliphatic heterocycles. The van der Waals surface area contributed by atoms with E-state index in [1.54, 1.807) is 57.9 Å². The second kappa shape index (κ2) is 12.4. The lowest BCUT2D eigenvalue weighted by Gasteiger charge is -2.42. The molecule has 7 atom stereocenters. The minimum Gasteiger partial charge on any atom is -0.497 e. The van der Waals surface area contributed by atoms with Gasteiger partial charge in [0.2, 0.25) is 11.8 Å². The predicted octanol–water partition coefficient (Wildman–Crippen LogP) is 3.75. The SMILES string of the molecule is C=CCN(CCC)C(=O)[C@@H]1[C@@H]2CC(C)C3(S2)C(C(=O)N(CC=C)c2ccc(OC)cc2)N([C@@H](CC)CO)C(=O)[C@H]13. The van der Waals surface area contributed by atoms with Crippen LogP contribution >= 0.6 is 11.8 Å². The molecule has 218 valence electrons. The van der Waals surface area contributed by atoms with Gasteiger partial charge in [0.25, 0.3) is 5.91 Å². The first kappa shape index (κ1) is 30.2. The number of anilines is 1. The van der Waals surface area contributed by atoms with Crippen molar-refractivity contribution in [3.05, 3.63) is 49.6 Å². The molecule has 0 radical (unpaired) electrons. The zero-order valence-electron chi connectivity index (χ0n) is 24.1. The molecular weight excluding hydrogens is 526 g/mol. The van der Waals surface area contributed by atoms with E-state index in [9.17, 15) is 19.5 Å². The lowest BCUT2D eigenvalue weighted by atomic mass is 9.65. The van der Waals surface area contributed by atoms with Gasteiger partial charge in [-0.3, -0.25) is 14.4 Å². The molecule has 3 unspecified atom stereocenters. The second-order valence-electron chi connectivity index (χ2n) is 11.1. The molecule has 1 aromatic rings. The van der Waals surface area contributed by atoms with E-state index in [2.05, 4.69) is 20.1 Å². The smallest absolute Gasteiger partial charge is 0.251 e. The van der Waals surface area contributed by atoms with Crippen molar-refractivity contribution in [2.75, 3.05) is 38.3 Å². The molecule has 3 amide bonds. The van der Waals surface area contributed by atoms with E-state index in [-0.39, 0.29) is 42.0 Å². The Bertz CT molecular complexity index is 1120. The summed E-state index contributed by atoms with van der Waals surface area (Å²) in [7, 11) is 1.59. The topological polar surface area (TPSA) is 90.4 Å². The Kier molecular flexibility index (Phi) is 9.35. The van der Waals surface area contributed by atoms with E-state index >= 15 is 0 Å². The first-order chi connectivity index (χ1) is 19.2. The molecular formula is C31H43N3O5S. The predicted molar refractivity (Wildman–Crippen MR) is 159 cm³/mol. The van der Waals surface area contributed by atoms with Crippen LogP contribution in [0.2, 0.25) is 0 Å². The first-order valence-corrected chi connectivity index (χ1v) is 15.2. The zero-order chi connectivity index (χ0) is 29.2. The Morgan fingerprint density at radius 3 is 2.42 bits per heavy atom. The average Bonchev–Trinajstić information content (AvgIpc) is 3.55. The van der Waals surface area contributed by atoms with E-state index < -0.39 is 28.7 Å². The number of hydrogen-bond acceptors (Lipinski definition) is 6. The van der Waals surface area contributed by atoms with Gasteiger partial charge >= 0.3 is 0 Å². The maximum absolute atomic E-state index is 14.7. The molecule has 3 fully saturated rings. The summed E-state index contributed by atoms with van der Waals surface area (Å²) < 4.78 is 4.54. The summed E-state index contributed by atoms with van der Waals surface area (Å²) in [6.45, 7) is 14.8. The second-order valence-corrected chi connectivity index (χ2v) is 12.6. The molecule has 2 bridgehead atoms. The van der Waals surface area contributed by atoms with Crippen molar-refractivity contribution < 1.29 is 24.2 Å². The third kappa shape index (κ3) is 4.75. The van der Waals surface area contributed by atoms with Crippen molar-refractivity contribution in [1.29, 1.82) is 0 Å². The van der Waals surface area contributed by atoms with Gasteiger partial charge in [-0.25, -0.2) is 0 Å². The Balaban J connectivity index is 1.83. The fraction of sp³-hybridized carbons (Fsp3) is 0.581. The summed E-state index contributed by atoms with van der Waals surface area (Å²) in [6, 6.07) is 5.92. The van der Waals surface area contributed by atoms with Gasteiger partial charge in [-0.05, 0) is 49.4 Å². The van der Waals surface area contributed by atoms with E-state index in [1.165, 1.54) is 0 Å². The molecule has 3 heterocycles. The molecule has 0 saturated carbocycles. The van der Waals surface area contributed by atoms with Gasteiger partial charge in [-0.2, -0.15) is 0 Å². The molecule has 1 aromatic carbocycles. The van der Waals surface area contributed by atoms with Crippen LogP contribution in [-0.2, 0) is 14.4 Å². The molecule has 9 heteroatoms.